The number of benzene rings is 2. The van der Waals surface area contributed by atoms with Gasteiger partial charge in [-0.2, -0.15) is 13.2 Å². The summed E-state index contributed by atoms with van der Waals surface area (Å²) < 4.78 is 70.1. The lowest BCUT2D eigenvalue weighted by Crippen LogP contribution is -2.36. The molecule has 0 aliphatic carbocycles. The second-order valence-corrected chi connectivity index (χ2v) is 7.55. The van der Waals surface area contributed by atoms with Crippen LogP contribution in [-0.2, 0) is 34.0 Å². The van der Waals surface area contributed by atoms with Gasteiger partial charge in [0, 0.05) is 13.0 Å². The summed E-state index contributed by atoms with van der Waals surface area (Å²) in [7, 11) is -3.90. The Morgan fingerprint density at radius 3 is 2.32 bits per heavy atom. The van der Waals surface area contributed by atoms with Crippen molar-refractivity contribution in [2.75, 3.05) is 6.54 Å². The van der Waals surface area contributed by atoms with Crippen molar-refractivity contribution >= 4 is 10.0 Å². The van der Waals surface area contributed by atoms with Gasteiger partial charge < -0.3 is 4.74 Å². The van der Waals surface area contributed by atoms with Gasteiger partial charge in [0.2, 0.25) is 10.0 Å². The van der Waals surface area contributed by atoms with Crippen LogP contribution in [0.15, 0.2) is 53.4 Å². The zero-order valence-corrected chi connectivity index (χ0v) is 13.9. The first-order valence-electron chi connectivity index (χ1n) is 7.61. The van der Waals surface area contributed by atoms with Crippen LogP contribution in [0.1, 0.15) is 16.7 Å². The van der Waals surface area contributed by atoms with Crippen LogP contribution < -0.4 is 4.72 Å². The Hall–Kier alpha value is -1.90. The lowest BCUT2D eigenvalue weighted by atomic mass is 9.99. The first kappa shape index (κ1) is 17.9. The zero-order valence-electron chi connectivity index (χ0n) is 13.1. The molecule has 0 saturated carbocycles. The zero-order chi connectivity index (χ0) is 18.1. The highest BCUT2D eigenvalue weighted by Gasteiger charge is 2.30. The van der Waals surface area contributed by atoms with Crippen molar-refractivity contribution in [2.24, 2.45) is 0 Å². The number of rotatable bonds is 4. The third-order valence-electron chi connectivity index (χ3n) is 4.03. The van der Waals surface area contributed by atoms with Gasteiger partial charge in [0.05, 0.1) is 23.2 Å². The van der Waals surface area contributed by atoms with E-state index >= 15 is 0 Å². The highest BCUT2D eigenvalue weighted by Crippen LogP contribution is 2.29. The van der Waals surface area contributed by atoms with Crippen LogP contribution in [-0.4, -0.2) is 21.1 Å². The first-order chi connectivity index (χ1) is 11.8. The third-order valence-corrected chi connectivity index (χ3v) is 5.47. The molecular formula is C17H16F3NO3S. The Balaban J connectivity index is 1.65. The lowest BCUT2D eigenvalue weighted by molar-refractivity contribution is -0.137. The molecule has 1 N–H and O–H groups in total. The van der Waals surface area contributed by atoms with Crippen molar-refractivity contribution in [3.8, 4) is 0 Å². The van der Waals surface area contributed by atoms with Crippen molar-refractivity contribution in [1.82, 2.24) is 4.72 Å². The average molecular weight is 371 g/mol. The molecule has 1 aliphatic rings. The van der Waals surface area contributed by atoms with Crippen LogP contribution in [0, 0.1) is 0 Å². The van der Waals surface area contributed by atoms with Crippen molar-refractivity contribution < 1.29 is 26.3 Å². The van der Waals surface area contributed by atoms with Gasteiger partial charge >= 0.3 is 6.18 Å². The van der Waals surface area contributed by atoms with Crippen LogP contribution in [0.25, 0.3) is 0 Å². The van der Waals surface area contributed by atoms with Crippen LogP contribution >= 0.6 is 0 Å². The van der Waals surface area contributed by atoms with E-state index in [9.17, 15) is 21.6 Å². The van der Waals surface area contributed by atoms with E-state index in [1.807, 2.05) is 24.3 Å². The topological polar surface area (TPSA) is 55.4 Å². The number of ether oxygens (including phenoxy) is 1. The van der Waals surface area contributed by atoms with Gasteiger partial charge in [0.15, 0.2) is 0 Å². The Morgan fingerprint density at radius 1 is 1.04 bits per heavy atom. The second-order valence-electron chi connectivity index (χ2n) is 5.78. The second kappa shape index (κ2) is 6.78. The number of alkyl halides is 3. The van der Waals surface area contributed by atoms with Gasteiger partial charge in [-0.25, -0.2) is 13.1 Å². The summed E-state index contributed by atoms with van der Waals surface area (Å²) in [6.07, 6.45) is -4.25. The van der Waals surface area contributed by atoms with Crippen LogP contribution in [0.3, 0.4) is 0 Å². The largest absolute Gasteiger partial charge is 0.416 e. The average Bonchev–Trinajstić information content (AvgIpc) is 2.59. The van der Waals surface area contributed by atoms with Crippen molar-refractivity contribution in [3.63, 3.8) is 0 Å². The minimum Gasteiger partial charge on any atom is -0.372 e. The molecule has 0 fully saturated rings. The van der Waals surface area contributed by atoms with E-state index in [1.165, 1.54) is 0 Å². The summed E-state index contributed by atoms with van der Waals surface area (Å²) in [4.78, 5) is -0.211. The third kappa shape index (κ3) is 4.20. The van der Waals surface area contributed by atoms with E-state index in [0.717, 1.165) is 35.4 Å². The van der Waals surface area contributed by atoms with Crippen molar-refractivity contribution in [3.05, 3.63) is 65.2 Å². The number of halogens is 3. The maximum absolute atomic E-state index is 12.5. The standard InChI is InChI=1S/C17H16F3NO3S/c18-17(19,20)14-5-7-16(8-6-14)25(22,23)21-10-15-9-12-3-1-2-4-13(12)11-24-15/h1-8,15,21H,9-11H2. The Labute approximate surface area is 143 Å². The van der Waals surface area contributed by atoms with Gasteiger partial charge in [-0.15, -0.1) is 0 Å². The quantitative estimate of drug-likeness (QED) is 0.899. The molecule has 1 aliphatic heterocycles. The number of hydrogen-bond donors (Lipinski definition) is 1. The summed E-state index contributed by atoms with van der Waals surface area (Å²) in [5, 5.41) is 0. The SMILES string of the molecule is O=S(=O)(NCC1Cc2ccccc2CO1)c1ccc(C(F)(F)F)cc1. The summed E-state index contributed by atoms with van der Waals surface area (Å²) in [6, 6.07) is 11.1. The highest BCUT2D eigenvalue weighted by molar-refractivity contribution is 7.89. The first-order valence-corrected chi connectivity index (χ1v) is 9.09. The summed E-state index contributed by atoms with van der Waals surface area (Å²) in [5.74, 6) is 0. The fourth-order valence-corrected chi connectivity index (χ4v) is 3.72. The van der Waals surface area contributed by atoms with Gasteiger partial charge in [-0.3, -0.25) is 0 Å². The highest BCUT2D eigenvalue weighted by atomic mass is 32.2. The molecule has 134 valence electrons. The van der Waals surface area contributed by atoms with Gasteiger partial charge in [0.25, 0.3) is 0 Å². The summed E-state index contributed by atoms with van der Waals surface area (Å²) >= 11 is 0. The number of sulfonamides is 1. The lowest BCUT2D eigenvalue weighted by Gasteiger charge is -2.25. The van der Waals surface area contributed by atoms with Crippen LogP contribution in [0.2, 0.25) is 0 Å². The van der Waals surface area contributed by atoms with E-state index in [-0.39, 0.29) is 17.5 Å². The fourth-order valence-electron chi connectivity index (χ4n) is 2.65. The summed E-state index contributed by atoms with van der Waals surface area (Å²) in [6.45, 7) is 0.459. The fraction of sp³-hybridized carbons (Fsp3) is 0.294. The molecule has 8 heteroatoms. The molecule has 1 unspecified atom stereocenters. The van der Waals surface area contributed by atoms with Crippen LogP contribution in [0.5, 0.6) is 0 Å². The monoisotopic (exact) mass is 371 g/mol. The van der Waals surface area contributed by atoms with E-state index in [2.05, 4.69) is 4.72 Å². The molecule has 4 nitrogen and oxygen atoms in total. The molecule has 0 amide bonds. The molecule has 0 spiro atoms. The maximum atomic E-state index is 12.5. The number of fused-ring (bicyclic) bond motifs is 1. The predicted octanol–water partition coefficient (Wildman–Crippen LogP) is 3.13. The van der Waals surface area contributed by atoms with Gasteiger partial charge in [-0.1, -0.05) is 24.3 Å². The predicted molar refractivity (Wildman–Crippen MR) is 85.4 cm³/mol. The molecule has 0 radical (unpaired) electrons. The molecule has 25 heavy (non-hydrogen) atoms. The molecule has 3 rings (SSSR count). The van der Waals surface area contributed by atoms with Crippen LogP contribution in [0.4, 0.5) is 13.2 Å². The maximum Gasteiger partial charge on any atom is 0.416 e. The van der Waals surface area contributed by atoms with Gasteiger partial charge in [0.1, 0.15) is 0 Å². The molecule has 2 aromatic carbocycles. The van der Waals surface area contributed by atoms with Crippen molar-refractivity contribution in [1.29, 1.82) is 0 Å². The number of hydrogen-bond acceptors (Lipinski definition) is 3. The van der Waals surface area contributed by atoms with E-state index in [1.54, 1.807) is 0 Å². The minimum atomic E-state index is -4.50. The molecule has 0 aromatic heterocycles. The molecule has 1 atom stereocenters. The Morgan fingerprint density at radius 2 is 1.68 bits per heavy atom. The molecular weight excluding hydrogens is 355 g/mol. The molecule has 1 heterocycles. The molecule has 0 saturated heterocycles. The molecule has 2 aromatic rings. The van der Waals surface area contributed by atoms with E-state index in [0.29, 0.717) is 13.0 Å². The van der Waals surface area contributed by atoms with Crippen molar-refractivity contribution in [2.45, 2.75) is 30.2 Å². The van der Waals surface area contributed by atoms with Gasteiger partial charge in [-0.05, 0) is 35.4 Å². The molecule has 0 bridgehead atoms. The minimum absolute atomic E-state index is 0.0533. The summed E-state index contributed by atoms with van der Waals surface area (Å²) in [5.41, 5.74) is 1.29. The van der Waals surface area contributed by atoms with E-state index < -0.39 is 21.8 Å². The number of nitrogens with one attached hydrogen (secondary N) is 1. The smallest absolute Gasteiger partial charge is 0.372 e. The van der Waals surface area contributed by atoms with E-state index in [4.69, 9.17) is 4.74 Å². The Kier molecular flexibility index (Phi) is 4.86. The normalized spacial score (nSPS) is 18.0. The Bertz CT molecular complexity index is 848.